The normalized spacial score (nSPS) is 18.9. The predicted octanol–water partition coefficient (Wildman–Crippen LogP) is 3.33. The van der Waals surface area contributed by atoms with E-state index in [0.717, 1.165) is 17.9 Å². The van der Waals surface area contributed by atoms with Crippen LogP contribution in [0.1, 0.15) is 19.3 Å². The van der Waals surface area contributed by atoms with Gasteiger partial charge in [0.05, 0.1) is 4.92 Å². The molecule has 104 valence electrons. The van der Waals surface area contributed by atoms with Crippen LogP contribution >= 0.6 is 11.8 Å². The standard InChI is InChI=1S/C13H19N3O2S/c1-14-10-6-11(8-12(7-10)16(17)18)15-9-13-4-2-3-5-19-13/h6-8,13-15H,2-5,9H2,1H3. The van der Waals surface area contributed by atoms with Crippen molar-refractivity contribution in [2.75, 3.05) is 30.0 Å². The molecule has 1 heterocycles. The van der Waals surface area contributed by atoms with Gasteiger partial charge in [0.2, 0.25) is 0 Å². The number of hydrogen-bond donors (Lipinski definition) is 2. The van der Waals surface area contributed by atoms with Crippen LogP contribution in [0.5, 0.6) is 0 Å². The monoisotopic (exact) mass is 281 g/mol. The van der Waals surface area contributed by atoms with Crippen LogP contribution in [0.4, 0.5) is 17.1 Å². The maximum absolute atomic E-state index is 10.9. The van der Waals surface area contributed by atoms with Gasteiger partial charge in [-0.15, -0.1) is 0 Å². The molecule has 1 aromatic rings. The lowest BCUT2D eigenvalue weighted by atomic mass is 10.2. The van der Waals surface area contributed by atoms with Crippen LogP contribution in [0.25, 0.3) is 0 Å². The van der Waals surface area contributed by atoms with E-state index in [1.54, 1.807) is 19.2 Å². The molecule has 1 fully saturated rings. The summed E-state index contributed by atoms with van der Waals surface area (Å²) in [4.78, 5) is 10.5. The molecule has 0 radical (unpaired) electrons. The summed E-state index contributed by atoms with van der Waals surface area (Å²) in [6.45, 7) is 0.870. The summed E-state index contributed by atoms with van der Waals surface area (Å²) in [5.74, 6) is 1.23. The molecule has 1 unspecified atom stereocenters. The Morgan fingerprint density at radius 1 is 1.37 bits per heavy atom. The number of thioether (sulfide) groups is 1. The first-order valence-electron chi connectivity index (χ1n) is 6.52. The third kappa shape index (κ3) is 4.02. The molecule has 1 aliphatic heterocycles. The third-order valence-electron chi connectivity index (χ3n) is 3.23. The fourth-order valence-corrected chi connectivity index (χ4v) is 3.40. The van der Waals surface area contributed by atoms with E-state index in [1.807, 2.05) is 17.8 Å². The lowest BCUT2D eigenvalue weighted by Gasteiger charge is -2.22. The van der Waals surface area contributed by atoms with Crippen molar-refractivity contribution >= 4 is 28.8 Å². The molecule has 0 aromatic heterocycles. The van der Waals surface area contributed by atoms with Crippen LogP contribution < -0.4 is 10.6 Å². The van der Waals surface area contributed by atoms with Gasteiger partial charge in [-0.25, -0.2) is 0 Å². The van der Waals surface area contributed by atoms with Gasteiger partial charge in [-0.2, -0.15) is 11.8 Å². The van der Waals surface area contributed by atoms with Crippen molar-refractivity contribution in [1.82, 2.24) is 0 Å². The molecule has 1 saturated heterocycles. The van der Waals surface area contributed by atoms with Gasteiger partial charge in [0.1, 0.15) is 0 Å². The Morgan fingerprint density at radius 3 is 2.79 bits per heavy atom. The quantitative estimate of drug-likeness (QED) is 0.640. The van der Waals surface area contributed by atoms with Crippen molar-refractivity contribution in [3.63, 3.8) is 0 Å². The number of nitro groups is 1. The van der Waals surface area contributed by atoms with Gasteiger partial charge < -0.3 is 10.6 Å². The van der Waals surface area contributed by atoms with E-state index >= 15 is 0 Å². The van der Waals surface area contributed by atoms with Crippen molar-refractivity contribution in [2.45, 2.75) is 24.5 Å². The molecule has 19 heavy (non-hydrogen) atoms. The molecule has 0 aliphatic carbocycles. The second-order valence-electron chi connectivity index (χ2n) is 4.65. The molecule has 0 spiro atoms. The Balaban J connectivity index is 2.02. The number of rotatable bonds is 5. The van der Waals surface area contributed by atoms with Crippen LogP contribution in [-0.2, 0) is 0 Å². The highest BCUT2D eigenvalue weighted by Gasteiger charge is 2.14. The second kappa shape index (κ2) is 6.65. The summed E-state index contributed by atoms with van der Waals surface area (Å²) in [5, 5.41) is 17.8. The first-order valence-corrected chi connectivity index (χ1v) is 7.56. The lowest BCUT2D eigenvalue weighted by molar-refractivity contribution is -0.384. The van der Waals surface area contributed by atoms with E-state index in [-0.39, 0.29) is 10.6 Å². The zero-order chi connectivity index (χ0) is 13.7. The van der Waals surface area contributed by atoms with Crippen LogP contribution in [-0.4, -0.2) is 29.5 Å². The molecule has 0 bridgehead atoms. The average Bonchev–Trinajstić information content (AvgIpc) is 2.45. The van der Waals surface area contributed by atoms with Gasteiger partial charge in [-0.3, -0.25) is 10.1 Å². The van der Waals surface area contributed by atoms with Crippen molar-refractivity contribution < 1.29 is 4.92 Å². The van der Waals surface area contributed by atoms with Crippen molar-refractivity contribution in [1.29, 1.82) is 0 Å². The largest absolute Gasteiger partial charge is 0.388 e. The minimum atomic E-state index is -0.360. The molecule has 1 aromatic carbocycles. The minimum absolute atomic E-state index is 0.116. The SMILES string of the molecule is CNc1cc(NCC2CCCCS2)cc([N+](=O)[O-])c1. The summed E-state index contributed by atoms with van der Waals surface area (Å²) in [5.41, 5.74) is 1.68. The number of nitro benzene ring substituents is 1. The Morgan fingerprint density at radius 2 is 2.16 bits per heavy atom. The summed E-state index contributed by atoms with van der Waals surface area (Å²) < 4.78 is 0. The molecule has 6 heteroatoms. The molecule has 1 aliphatic rings. The molecule has 0 amide bonds. The zero-order valence-corrected chi connectivity index (χ0v) is 11.8. The summed E-state index contributed by atoms with van der Waals surface area (Å²) >= 11 is 1.99. The van der Waals surface area contributed by atoms with Gasteiger partial charge >= 0.3 is 0 Å². The van der Waals surface area contributed by atoms with Gasteiger partial charge in [0.15, 0.2) is 0 Å². The molecule has 1 atom stereocenters. The fourth-order valence-electron chi connectivity index (χ4n) is 2.16. The Kier molecular flexibility index (Phi) is 4.90. The van der Waals surface area contributed by atoms with Gasteiger partial charge in [0.25, 0.3) is 5.69 Å². The number of non-ortho nitro benzene ring substituents is 1. The molecular weight excluding hydrogens is 262 g/mol. The first kappa shape index (κ1) is 14.0. The van der Waals surface area contributed by atoms with Crippen LogP contribution in [0.15, 0.2) is 18.2 Å². The molecule has 2 rings (SSSR count). The predicted molar refractivity (Wildman–Crippen MR) is 81.2 cm³/mol. The number of anilines is 2. The smallest absolute Gasteiger partial charge is 0.273 e. The van der Waals surface area contributed by atoms with E-state index in [0.29, 0.717) is 5.25 Å². The van der Waals surface area contributed by atoms with E-state index in [9.17, 15) is 10.1 Å². The highest BCUT2D eigenvalue weighted by molar-refractivity contribution is 7.99. The van der Waals surface area contributed by atoms with Crippen LogP contribution in [0.3, 0.4) is 0 Å². The van der Waals surface area contributed by atoms with Crippen LogP contribution in [0, 0.1) is 10.1 Å². The Bertz CT molecular complexity index is 448. The van der Waals surface area contributed by atoms with Crippen LogP contribution in [0.2, 0.25) is 0 Å². The van der Waals surface area contributed by atoms with Gasteiger partial charge in [0, 0.05) is 42.3 Å². The third-order valence-corrected chi connectivity index (χ3v) is 4.62. The topological polar surface area (TPSA) is 67.2 Å². The number of nitrogens with zero attached hydrogens (tertiary/aromatic N) is 1. The highest BCUT2D eigenvalue weighted by atomic mass is 32.2. The minimum Gasteiger partial charge on any atom is -0.388 e. The second-order valence-corrected chi connectivity index (χ2v) is 6.05. The maximum Gasteiger partial charge on any atom is 0.273 e. The first-order chi connectivity index (χ1) is 9.19. The maximum atomic E-state index is 10.9. The lowest BCUT2D eigenvalue weighted by Crippen LogP contribution is -2.20. The molecule has 5 nitrogen and oxygen atoms in total. The zero-order valence-electron chi connectivity index (χ0n) is 11.0. The molecular formula is C13H19N3O2S. The van der Waals surface area contributed by atoms with Crippen molar-refractivity contribution in [3.05, 3.63) is 28.3 Å². The van der Waals surface area contributed by atoms with Crippen molar-refractivity contribution in [3.8, 4) is 0 Å². The summed E-state index contributed by atoms with van der Waals surface area (Å²) in [7, 11) is 1.76. The Hall–Kier alpha value is -1.43. The molecule has 2 N–H and O–H groups in total. The number of nitrogens with one attached hydrogen (secondary N) is 2. The number of benzene rings is 1. The van der Waals surface area contributed by atoms with Crippen molar-refractivity contribution in [2.24, 2.45) is 0 Å². The van der Waals surface area contributed by atoms with Gasteiger partial charge in [-0.1, -0.05) is 6.42 Å². The fraction of sp³-hybridized carbons (Fsp3) is 0.538. The van der Waals surface area contributed by atoms with E-state index in [4.69, 9.17) is 0 Å². The van der Waals surface area contributed by atoms with E-state index in [1.165, 1.54) is 25.0 Å². The number of hydrogen-bond acceptors (Lipinski definition) is 5. The highest BCUT2D eigenvalue weighted by Crippen LogP contribution is 2.27. The van der Waals surface area contributed by atoms with E-state index in [2.05, 4.69) is 10.6 Å². The van der Waals surface area contributed by atoms with Gasteiger partial charge in [-0.05, 0) is 24.7 Å². The Labute approximate surface area is 117 Å². The summed E-state index contributed by atoms with van der Waals surface area (Å²) in [6, 6.07) is 5.04. The average molecular weight is 281 g/mol. The van der Waals surface area contributed by atoms with E-state index < -0.39 is 0 Å². The summed E-state index contributed by atoms with van der Waals surface area (Å²) in [6.07, 6.45) is 3.82. The molecule has 0 saturated carbocycles.